The third-order valence-corrected chi connectivity index (χ3v) is 5.38. The van der Waals surface area contributed by atoms with Gasteiger partial charge in [0.15, 0.2) is 11.5 Å². The quantitative estimate of drug-likeness (QED) is 0.656. The first-order chi connectivity index (χ1) is 14.8. The van der Waals surface area contributed by atoms with Gasteiger partial charge < -0.3 is 24.4 Å². The summed E-state index contributed by atoms with van der Waals surface area (Å²) in [4.78, 5) is 29.9. The molecule has 31 heavy (non-hydrogen) atoms. The summed E-state index contributed by atoms with van der Waals surface area (Å²) in [6.07, 6.45) is 0. The van der Waals surface area contributed by atoms with Crippen LogP contribution < -0.4 is 9.47 Å². The van der Waals surface area contributed by atoms with Crippen LogP contribution in [-0.2, 0) is 4.79 Å². The minimum absolute atomic E-state index is 0.0409. The number of aryl methyl sites for hydroxylation is 1. The molecule has 0 fully saturated rings. The van der Waals surface area contributed by atoms with E-state index in [9.17, 15) is 14.7 Å². The maximum absolute atomic E-state index is 13.5. The Morgan fingerprint density at radius 2 is 1.77 bits per heavy atom. The summed E-state index contributed by atoms with van der Waals surface area (Å²) in [5.41, 5.74) is 2.03. The van der Waals surface area contributed by atoms with E-state index in [2.05, 4.69) is 0 Å². The Balaban J connectivity index is 2.16. The van der Waals surface area contributed by atoms with Crippen molar-refractivity contribution in [3.63, 3.8) is 0 Å². The minimum atomic E-state index is -0.800. The highest BCUT2D eigenvalue weighted by atomic mass is 16.5. The molecule has 164 valence electrons. The fraction of sp³-hybridized carbons (Fsp3) is 0.333. The average molecular weight is 424 g/mol. The molecule has 1 unspecified atom stereocenters. The highest BCUT2D eigenvalue weighted by Gasteiger charge is 2.44. The van der Waals surface area contributed by atoms with E-state index >= 15 is 0 Å². The molecule has 2 aromatic carbocycles. The Kier molecular flexibility index (Phi) is 6.65. The smallest absolute Gasteiger partial charge is 0.290 e. The van der Waals surface area contributed by atoms with Crippen LogP contribution in [0.2, 0.25) is 0 Å². The zero-order chi connectivity index (χ0) is 22.7. The summed E-state index contributed by atoms with van der Waals surface area (Å²) >= 11 is 0. The second kappa shape index (κ2) is 9.22. The summed E-state index contributed by atoms with van der Waals surface area (Å²) in [5.74, 6) is -0.443. The predicted molar refractivity (Wildman–Crippen MR) is 118 cm³/mol. The van der Waals surface area contributed by atoms with E-state index in [4.69, 9.17) is 9.47 Å². The molecule has 3 rings (SSSR count). The Bertz CT molecular complexity index is 1010. The van der Waals surface area contributed by atoms with Gasteiger partial charge in [-0.2, -0.15) is 0 Å². The van der Waals surface area contributed by atoms with Crippen molar-refractivity contribution >= 4 is 11.7 Å². The third kappa shape index (κ3) is 4.41. The lowest BCUT2D eigenvalue weighted by molar-refractivity contribution is -0.129. The lowest BCUT2D eigenvalue weighted by atomic mass is 9.91. The Morgan fingerprint density at radius 1 is 1.10 bits per heavy atom. The zero-order valence-corrected chi connectivity index (χ0v) is 18.5. The van der Waals surface area contributed by atoms with Gasteiger partial charge in [0.25, 0.3) is 5.91 Å². The third-order valence-electron chi connectivity index (χ3n) is 5.38. The number of benzene rings is 2. The Labute approximate surface area is 182 Å². The van der Waals surface area contributed by atoms with Gasteiger partial charge in [-0.05, 0) is 39.2 Å². The van der Waals surface area contributed by atoms with Gasteiger partial charge >= 0.3 is 0 Å². The van der Waals surface area contributed by atoms with Crippen LogP contribution in [-0.4, -0.2) is 68.0 Å². The molecule has 0 spiro atoms. The van der Waals surface area contributed by atoms with E-state index in [0.717, 1.165) is 5.56 Å². The van der Waals surface area contributed by atoms with Gasteiger partial charge in [-0.3, -0.25) is 9.59 Å². The summed E-state index contributed by atoms with van der Waals surface area (Å²) in [6.45, 7) is 2.82. The van der Waals surface area contributed by atoms with Gasteiger partial charge in [0.2, 0.25) is 0 Å². The van der Waals surface area contributed by atoms with Crippen molar-refractivity contribution in [1.29, 1.82) is 0 Å². The maximum Gasteiger partial charge on any atom is 0.290 e. The number of hydrogen-bond acceptors (Lipinski definition) is 6. The minimum Gasteiger partial charge on any atom is -0.503 e. The number of rotatable bonds is 8. The average Bonchev–Trinajstić information content (AvgIpc) is 3.01. The number of ketones is 1. The zero-order valence-electron chi connectivity index (χ0n) is 18.5. The van der Waals surface area contributed by atoms with Gasteiger partial charge in [-0.25, -0.2) is 0 Å². The van der Waals surface area contributed by atoms with Crippen LogP contribution in [0.5, 0.6) is 11.5 Å². The molecule has 1 N–H and O–H groups in total. The first-order valence-corrected chi connectivity index (χ1v) is 10.0. The second-order valence-electron chi connectivity index (χ2n) is 7.77. The number of aliphatic hydroxyl groups excluding tert-OH is 1. The molecule has 0 bridgehead atoms. The van der Waals surface area contributed by atoms with Crippen LogP contribution in [0.25, 0.3) is 0 Å². The molecule has 2 aromatic rings. The van der Waals surface area contributed by atoms with Crippen molar-refractivity contribution in [3.8, 4) is 11.5 Å². The molecule has 1 atom stereocenters. The van der Waals surface area contributed by atoms with E-state index in [1.807, 2.05) is 38.1 Å². The molecule has 1 heterocycles. The SMILES string of the molecule is COc1ccc(OC)c(C2C(C(=O)c3ccc(C)cc3)=C(O)C(=O)N2CCN(C)C)c1. The molecule has 1 aliphatic rings. The number of likely N-dealkylation sites (N-methyl/N-ethyl adjacent to an activating group) is 1. The second-order valence-corrected chi connectivity index (χ2v) is 7.77. The van der Waals surface area contributed by atoms with Crippen LogP contribution in [0.15, 0.2) is 53.8 Å². The van der Waals surface area contributed by atoms with E-state index in [1.165, 1.54) is 12.0 Å². The molecule has 7 nitrogen and oxygen atoms in total. The number of nitrogens with zero attached hydrogens (tertiary/aromatic N) is 2. The number of carbonyl (C=O) groups is 2. The first kappa shape index (κ1) is 22.4. The Morgan fingerprint density at radius 3 is 2.35 bits per heavy atom. The fourth-order valence-electron chi connectivity index (χ4n) is 3.66. The lowest BCUT2D eigenvalue weighted by Gasteiger charge is -2.29. The topological polar surface area (TPSA) is 79.3 Å². The van der Waals surface area contributed by atoms with Crippen molar-refractivity contribution in [3.05, 3.63) is 70.5 Å². The van der Waals surface area contributed by atoms with E-state index in [1.54, 1.807) is 37.4 Å². The number of methoxy groups -OCH3 is 2. The van der Waals surface area contributed by atoms with Crippen LogP contribution in [0, 0.1) is 6.92 Å². The van der Waals surface area contributed by atoms with Crippen molar-refractivity contribution < 1.29 is 24.2 Å². The summed E-state index contributed by atoms with van der Waals surface area (Å²) in [5, 5.41) is 10.8. The van der Waals surface area contributed by atoms with Gasteiger partial charge in [0.1, 0.15) is 11.5 Å². The van der Waals surface area contributed by atoms with Crippen molar-refractivity contribution in [2.24, 2.45) is 0 Å². The normalized spacial score (nSPS) is 16.3. The largest absolute Gasteiger partial charge is 0.503 e. The monoisotopic (exact) mass is 424 g/mol. The van der Waals surface area contributed by atoms with Crippen molar-refractivity contribution in [2.45, 2.75) is 13.0 Å². The van der Waals surface area contributed by atoms with Crippen LogP contribution in [0.4, 0.5) is 0 Å². The molecule has 0 aliphatic carbocycles. The lowest BCUT2D eigenvalue weighted by Crippen LogP contribution is -2.36. The van der Waals surface area contributed by atoms with Crippen LogP contribution >= 0.6 is 0 Å². The summed E-state index contributed by atoms with van der Waals surface area (Å²) in [7, 11) is 6.86. The fourth-order valence-corrected chi connectivity index (χ4v) is 3.66. The number of amides is 1. The first-order valence-electron chi connectivity index (χ1n) is 10.0. The summed E-state index contributed by atoms with van der Waals surface area (Å²) in [6, 6.07) is 11.5. The van der Waals surface area contributed by atoms with Crippen LogP contribution in [0.1, 0.15) is 27.5 Å². The standard InChI is InChI=1S/C24H28N2O5/c1-15-6-8-16(9-7-15)22(27)20-21(18-14-17(30-4)10-11-19(18)31-5)26(13-12-25(2)3)24(29)23(20)28/h6-11,14,21,28H,12-13H2,1-5H3. The highest BCUT2D eigenvalue weighted by Crippen LogP contribution is 2.43. The van der Waals surface area contributed by atoms with Crippen molar-refractivity contribution in [1.82, 2.24) is 9.80 Å². The highest BCUT2D eigenvalue weighted by molar-refractivity contribution is 6.16. The van der Waals surface area contributed by atoms with E-state index < -0.39 is 23.5 Å². The molecule has 1 amide bonds. The number of ether oxygens (including phenoxy) is 2. The van der Waals surface area contributed by atoms with E-state index in [-0.39, 0.29) is 5.57 Å². The van der Waals surface area contributed by atoms with Gasteiger partial charge in [0.05, 0.1) is 25.8 Å². The number of hydrogen-bond donors (Lipinski definition) is 1. The summed E-state index contributed by atoms with van der Waals surface area (Å²) < 4.78 is 10.9. The van der Waals surface area contributed by atoms with Crippen molar-refractivity contribution in [2.75, 3.05) is 41.4 Å². The number of aliphatic hydroxyl groups is 1. The molecule has 0 radical (unpaired) electrons. The molecular weight excluding hydrogens is 396 g/mol. The molecular formula is C24H28N2O5. The molecule has 0 saturated carbocycles. The molecule has 7 heteroatoms. The van der Waals surface area contributed by atoms with Gasteiger partial charge in [0, 0.05) is 24.2 Å². The molecule has 1 aliphatic heterocycles. The van der Waals surface area contributed by atoms with Gasteiger partial charge in [-0.15, -0.1) is 0 Å². The molecule has 0 saturated heterocycles. The number of carbonyl (C=O) groups excluding carboxylic acids is 2. The van der Waals surface area contributed by atoms with Crippen LogP contribution in [0.3, 0.4) is 0 Å². The number of Topliss-reactive ketones (excluding diaryl/α,β-unsaturated/α-hetero) is 1. The maximum atomic E-state index is 13.5. The Hall–Kier alpha value is -3.32. The van der Waals surface area contributed by atoms with E-state index in [0.29, 0.717) is 35.7 Å². The van der Waals surface area contributed by atoms with Gasteiger partial charge in [-0.1, -0.05) is 29.8 Å². The predicted octanol–water partition coefficient (Wildman–Crippen LogP) is 3.15. The molecule has 0 aromatic heterocycles.